The van der Waals surface area contributed by atoms with E-state index in [0.29, 0.717) is 6.42 Å². The smallest absolute Gasteiger partial charge is 0.308 e. The molecule has 1 aromatic heterocycles. The average Bonchev–Trinajstić information content (AvgIpc) is 2.70. The predicted molar refractivity (Wildman–Crippen MR) is 84.2 cm³/mol. The number of hydrogen-bond acceptors (Lipinski definition) is 3. The van der Waals surface area contributed by atoms with Crippen molar-refractivity contribution in [3.05, 3.63) is 28.0 Å². The molecule has 0 saturated heterocycles. The lowest BCUT2D eigenvalue weighted by molar-refractivity contribution is -0.143. The van der Waals surface area contributed by atoms with Crippen molar-refractivity contribution < 1.29 is 14.7 Å². The van der Waals surface area contributed by atoms with E-state index >= 15 is 0 Å². The highest BCUT2D eigenvalue weighted by atomic mass is 32.1. The van der Waals surface area contributed by atoms with Gasteiger partial charge in [-0.05, 0) is 42.9 Å². The van der Waals surface area contributed by atoms with E-state index in [1.807, 2.05) is 18.4 Å². The lowest BCUT2D eigenvalue weighted by Crippen LogP contribution is -2.42. The molecular formula is C16H21NO3S. The molecule has 0 radical (unpaired) electrons. The Morgan fingerprint density at radius 3 is 2.76 bits per heavy atom. The van der Waals surface area contributed by atoms with E-state index in [4.69, 9.17) is 0 Å². The maximum absolute atomic E-state index is 12.0. The minimum Gasteiger partial charge on any atom is -0.481 e. The summed E-state index contributed by atoms with van der Waals surface area (Å²) in [5, 5.41) is 14.2. The van der Waals surface area contributed by atoms with E-state index in [1.54, 1.807) is 17.4 Å². The van der Waals surface area contributed by atoms with Crippen LogP contribution in [0, 0.1) is 12.8 Å². The van der Waals surface area contributed by atoms with Crippen LogP contribution in [0.15, 0.2) is 17.5 Å². The van der Waals surface area contributed by atoms with Crippen LogP contribution in [0.4, 0.5) is 0 Å². The quantitative estimate of drug-likeness (QED) is 0.663. The van der Waals surface area contributed by atoms with Gasteiger partial charge in [0.1, 0.15) is 0 Å². The Morgan fingerprint density at radius 1 is 1.33 bits per heavy atom. The van der Waals surface area contributed by atoms with Gasteiger partial charge in [0.05, 0.1) is 5.92 Å². The van der Waals surface area contributed by atoms with Crippen LogP contribution >= 0.6 is 11.3 Å². The Bertz CT molecular complexity index is 535. The van der Waals surface area contributed by atoms with Crippen molar-refractivity contribution in [1.82, 2.24) is 5.32 Å². The van der Waals surface area contributed by atoms with E-state index < -0.39 is 11.9 Å². The maximum Gasteiger partial charge on any atom is 0.308 e. The van der Waals surface area contributed by atoms with E-state index in [0.717, 1.165) is 36.1 Å². The Kier molecular flexibility index (Phi) is 5.56. The van der Waals surface area contributed by atoms with Crippen LogP contribution in [-0.2, 0) is 9.59 Å². The highest BCUT2D eigenvalue weighted by Gasteiger charge is 2.30. The summed E-state index contributed by atoms with van der Waals surface area (Å²) in [6.07, 6.45) is 7.63. The van der Waals surface area contributed by atoms with E-state index in [2.05, 4.69) is 5.32 Å². The number of rotatable bonds is 4. The van der Waals surface area contributed by atoms with Gasteiger partial charge in [0.2, 0.25) is 5.91 Å². The highest BCUT2D eigenvalue weighted by Crippen LogP contribution is 2.24. The highest BCUT2D eigenvalue weighted by molar-refractivity contribution is 7.11. The van der Waals surface area contributed by atoms with Crippen LogP contribution < -0.4 is 5.32 Å². The Morgan fingerprint density at radius 2 is 2.10 bits per heavy atom. The van der Waals surface area contributed by atoms with Gasteiger partial charge in [-0.25, -0.2) is 0 Å². The number of hydrogen-bond donors (Lipinski definition) is 2. The lowest BCUT2D eigenvalue weighted by atomic mass is 9.95. The lowest BCUT2D eigenvalue weighted by Gasteiger charge is -2.22. The predicted octanol–water partition coefficient (Wildman–Crippen LogP) is 3.22. The number of carbonyl (C=O) groups excluding carboxylic acids is 1. The summed E-state index contributed by atoms with van der Waals surface area (Å²) < 4.78 is 0. The summed E-state index contributed by atoms with van der Waals surface area (Å²) in [5.74, 6) is -1.48. The van der Waals surface area contributed by atoms with Gasteiger partial charge in [-0.2, -0.15) is 0 Å². The molecule has 1 fully saturated rings. The molecule has 2 N–H and O–H groups in total. The number of thiophene rings is 1. The van der Waals surface area contributed by atoms with Gasteiger partial charge in [-0.15, -0.1) is 11.3 Å². The molecule has 4 nitrogen and oxygen atoms in total. The number of aryl methyl sites for hydroxylation is 1. The number of carbonyl (C=O) groups is 2. The first-order valence-corrected chi connectivity index (χ1v) is 8.21. The Labute approximate surface area is 128 Å². The SMILES string of the molecule is Cc1ccsc1/C=C/C(=O)NC1CCCCCC1C(=O)O. The monoisotopic (exact) mass is 307 g/mol. The summed E-state index contributed by atoms with van der Waals surface area (Å²) in [6.45, 7) is 2.00. The number of carboxylic acids is 1. The van der Waals surface area contributed by atoms with Crippen molar-refractivity contribution in [3.63, 3.8) is 0 Å². The molecule has 114 valence electrons. The maximum atomic E-state index is 12.0. The third-order valence-corrected chi connectivity index (χ3v) is 4.93. The number of aliphatic carboxylic acids is 1. The summed E-state index contributed by atoms with van der Waals surface area (Å²) in [7, 11) is 0. The molecule has 1 aliphatic rings. The third-order valence-electron chi connectivity index (χ3n) is 3.95. The number of carboxylic acid groups (broad SMARTS) is 1. The molecule has 0 spiro atoms. The van der Waals surface area contributed by atoms with Gasteiger partial charge < -0.3 is 10.4 Å². The zero-order chi connectivity index (χ0) is 15.2. The van der Waals surface area contributed by atoms with Crippen LogP contribution in [-0.4, -0.2) is 23.0 Å². The normalized spacial score (nSPS) is 22.9. The molecule has 1 aliphatic carbocycles. The van der Waals surface area contributed by atoms with Crippen molar-refractivity contribution in [3.8, 4) is 0 Å². The van der Waals surface area contributed by atoms with E-state index in [1.165, 1.54) is 6.08 Å². The Hall–Kier alpha value is -1.62. The second kappa shape index (κ2) is 7.41. The fraction of sp³-hybridized carbons (Fsp3) is 0.500. The fourth-order valence-electron chi connectivity index (χ4n) is 2.71. The summed E-state index contributed by atoms with van der Waals surface area (Å²) >= 11 is 1.59. The van der Waals surface area contributed by atoms with Gasteiger partial charge >= 0.3 is 5.97 Å². The van der Waals surface area contributed by atoms with Crippen LogP contribution in [0.25, 0.3) is 6.08 Å². The largest absolute Gasteiger partial charge is 0.481 e. The molecule has 0 aromatic carbocycles. The summed E-state index contributed by atoms with van der Waals surface area (Å²) in [4.78, 5) is 24.4. The molecule has 2 atom stereocenters. The molecule has 1 aromatic rings. The second-order valence-electron chi connectivity index (χ2n) is 5.50. The van der Waals surface area contributed by atoms with Gasteiger partial charge in [-0.3, -0.25) is 9.59 Å². The minimum atomic E-state index is -0.805. The molecule has 0 bridgehead atoms. The molecule has 0 aliphatic heterocycles. The first-order chi connectivity index (χ1) is 10.1. The first kappa shape index (κ1) is 15.8. The average molecular weight is 307 g/mol. The van der Waals surface area contributed by atoms with E-state index in [9.17, 15) is 14.7 Å². The fourth-order valence-corrected chi connectivity index (χ4v) is 3.53. The molecule has 1 saturated carbocycles. The zero-order valence-corrected chi connectivity index (χ0v) is 13.0. The van der Waals surface area contributed by atoms with E-state index in [-0.39, 0.29) is 11.9 Å². The molecular weight excluding hydrogens is 286 g/mol. The van der Waals surface area contributed by atoms with Gasteiger partial charge in [0.15, 0.2) is 0 Å². The standard InChI is InChI=1S/C16H21NO3S/c1-11-9-10-21-14(11)7-8-15(18)17-13-6-4-2-3-5-12(13)16(19)20/h7-10,12-13H,2-6H2,1H3,(H,17,18)(H,19,20)/b8-7+. The molecule has 2 unspecified atom stereocenters. The minimum absolute atomic E-state index is 0.207. The van der Waals surface area contributed by atoms with Crippen LogP contribution in [0.1, 0.15) is 42.5 Å². The van der Waals surface area contributed by atoms with Gasteiger partial charge in [0, 0.05) is 17.0 Å². The summed E-state index contributed by atoms with van der Waals surface area (Å²) in [5.41, 5.74) is 1.14. The second-order valence-corrected chi connectivity index (χ2v) is 6.45. The van der Waals surface area contributed by atoms with Crippen molar-refractivity contribution in [2.45, 2.75) is 45.1 Å². The molecule has 1 heterocycles. The third kappa shape index (κ3) is 4.43. The van der Waals surface area contributed by atoms with Crippen LogP contribution in [0.5, 0.6) is 0 Å². The number of amides is 1. The zero-order valence-electron chi connectivity index (χ0n) is 12.2. The van der Waals surface area contributed by atoms with Crippen LogP contribution in [0.2, 0.25) is 0 Å². The van der Waals surface area contributed by atoms with Crippen molar-refractivity contribution in [1.29, 1.82) is 0 Å². The molecule has 21 heavy (non-hydrogen) atoms. The topological polar surface area (TPSA) is 66.4 Å². The first-order valence-electron chi connectivity index (χ1n) is 7.33. The van der Waals surface area contributed by atoms with Crippen molar-refractivity contribution >= 4 is 29.3 Å². The number of nitrogens with one attached hydrogen (secondary N) is 1. The van der Waals surface area contributed by atoms with Crippen LogP contribution in [0.3, 0.4) is 0 Å². The Balaban J connectivity index is 1.98. The molecule has 5 heteroatoms. The van der Waals surface area contributed by atoms with Gasteiger partial charge in [-0.1, -0.05) is 19.3 Å². The van der Waals surface area contributed by atoms with Gasteiger partial charge in [0.25, 0.3) is 0 Å². The molecule has 1 amide bonds. The summed E-state index contributed by atoms with van der Waals surface area (Å²) in [6, 6.07) is 1.75. The van der Waals surface area contributed by atoms with Crippen molar-refractivity contribution in [2.75, 3.05) is 0 Å². The van der Waals surface area contributed by atoms with Crippen molar-refractivity contribution in [2.24, 2.45) is 5.92 Å². The molecule has 2 rings (SSSR count).